The highest BCUT2D eigenvalue weighted by Gasteiger charge is 2.32. The van der Waals surface area contributed by atoms with Gasteiger partial charge in [0, 0.05) is 18.7 Å². The quantitative estimate of drug-likeness (QED) is 0.564. The van der Waals surface area contributed by atoms with Crippen molar-refractivity contribution < 1.29 is 14.3 Å². The number of anilines is 1. The third kappa shape index (κ3) is 5.21. The van der Waals surface area contributed by atoms with Gasteiger partial charge in [0.25, 0.3) is 0 Å². The predicted molar refractivity (Wildman–Crippen MR) is 101 cm³/mol. The Morgan fingerprint density at radius 3 is 2.58 bits per heavy atom. The van der Waals surface area contributed by atoms with Crippen molar-refractivity contribution in [1.29, 1.82) is 0 Å². The van der Waals surface area contributed by atoms with E-state index >= 15 is 0 Å². The summed E-state index contributed by atoms with van der Waals surface area (Å²) in [5, 5.41) is 2.80. The van der Waals surface area contributed by atoms with E-state index in [9.17, 15) is 9.59 Å². The van der Waals surface area contributed by atoms with E-state index in [1.54, 1.807) is 12.0 Å². The van der Waals surface area contributed by atoms with Crippen LogP contribution in [0.5, 0.6) is 5.75 Å². The minimum atomic E-state index is -0.0622. The SMILES string of the molecule is COc1ccc(NC(=O)CCCCCN2C(=O)C(C)SC2=S)cc1. The van der Waals surface area contributed by atoms with Gasteiger partial charge in [-0.3, -0.25) is 14.5 Å². The Morgan fingerprint density at radius 2 is 2.00 bits per heavy atom. The van der Waals surface area contributed by atoms with Crippen LogP contribution >= 0.6 is 24.0 Å². The molecule has 1 saturated heterocycles. The summed E-state index contributed by atoms with van der Waals surface area (Å²) < 4.78 is 5.75. The van der Waals surface area contributed by atoms with Crippen LogP contribution in [-0.2, 0) is 9.59 Å². The first kappa shape index (κ1) is 18.7. The molecule has 0 aromatic heterocycles. The van der Waals surface area contributed by atoms with Crippen molar-refractivity contribution in [3.8, 4) is 5.75 Å². The Labute approximate surface area is 152 Å². The Bertz CT molecular complexity index is 604. The first-order valence-electron chi connectivity index (χ1n) is 7.97. The second-order valence-corrected chi connectivity index (χ2v) is 7.58. The lowest BCUT2D eigenvalue weighted by Crippen LogP contribution is -2.31. The number of thiocarbonyl (C=S) groups is 1. The molecule has 1 unspecified atom stereocenters. The van der Waals surface area contributed by atoms with E-state index in [0.29, 0.717) is 17.3 Å². The van der Waals surface area contributed by atoms with Gasteiger partial charge in [0.05, 0.1) is 12.4 Å². The summed E-state index contributed by atoms with van der Waals surface area (Å²) in [5.74, 6) is 0.856. The zero-order chi connectivity index (χ0) is 17.5. The van der Waals surface area contributed by atoms with Gasteiger partial charge in [-0.25, -0.2) is 0 Å². The lowest BCUT2D eigenvalue weighted by atomic mass is 10.1. The number of methoxy groups -OCH3 is 1. The van der Waals surface area contributed by atoms with Crippen molar-refractivity contribution in [3.63, 3.8) is 0 Å². The number of carbonyl (C=O) groups excluding carboxylic acids is 2. The molecule has 0 aliphatic carbocycles. The van der Waals surface area contributed by atoms with E-state index in [4.69, 9.17) is 17.0 Å². The van der Waals surface area contributed by atoms with E-state index in [0.717, 1.165) is 30.7 Å². The Balaban J connectivity index is 1.62. The van der Waals surface area contributed by atoms with Crippen molar-refractivity contribution in [2.24, 2.45) is 0 Å². The number of thioether (sulfide) groups is 1. The standard InChI is InChI=1S/C17H22N2O3S2/c1-12-16(21)19(17(23)24-12)11-5-3-4-6-15(20)18-13-7-9-14(22-2)10-8-13/h7-10,12H,3-6,11H2,1-2H3,(H,18,20). The van der Waals surface area contributed by atoms with Gasteiger partial charge < -0.3 is 10.1 Å². The highest BCUT2D eigenvalue weighted by molar-refractivity contribution is 8.24. The monoisotopic (exact) mass is 366 g/mol. The molecule has 1 heterocycles. The molecule has 0 bridgehead atoms. The number of unbranched alkanes of at least 4 members (excludes halogenated alkanes) is 2. The van der Waals surface area contributed by atoms with Crippen LogP contribution in [0.2, 0.25) is 0 Å². The average Bonchev–Trinajstić information content (AvgIpc) is 2.81. The molecule has 24 heavy (non-hydrogen) atoms. The fourth-order valence-corrected chi connectivity index (χ4v) is 3.86. The van der Waals surface area contributed by atoms with Gasteiger partial charge in [-0.15, -0.1) is 0 Å². The molecule has 0 saturated carbocycles. The highest BCUT2D eigenvalue weighted by atomic mass is 32.2. The van der Waals surface area contributed by atoms with Crippen molar-refractivity contribution in [2.45, 2.75) is 37.9 Å². The van der Waals surface area contributed by atoms with Gasteiger partial charge in [0.1, 0.15) is 10.1 Å². The number of hydrogen-bond donors (Lipinski definition) is 1. The van der Waals surface area contributed by atoms with E-state index in [1.165, 1.54) is 11.8 Å². The van der Waals surface area contributed by atoms with E-state index in [-0.39, 0.29) is 17.1 Å². The maximum absolute atomic E-state index is 11.9. The number of amides is 2. The first-order chi connectivity index (χ1) is 11.5. The number of hydrogen-bond acceptors (Lipinski definition) is 5. The summed E-state index contributed by atoms with van der Waals surface area (Å²) in [4.78, 5) is 25.5. The number of ether oxygens (including phenoxy) is 1. The van der Waals surface area contributed by atoms with Gasteiger partial charge in [-0.05, 0) is 44.0 Å². The van der Waals surface area contributed by atoms with Crippen LogP contribution in [0.3, 0.4) is 0 Å². The van der Waals surface area contributed by atoms with Gasteiger partial charge in [-0.1, -0.05) is 30.4 Å². The topological polar surface area (TPSA) is 58.6 Å². The summed E-state index contributed by atoms with van der Waals surface area (Å²) >= 11 is 6.64. The Morgan fingerprint density at radius 1 is 1.29 bits per heavy atom. The number of nitrogens with one attached hydrogen (secondary N) is 1. The van der Waals surface area contributed by atoms with Crippen LogP contribution in [0.25, 0.3) is 0 Å². The zero-order valence-corrected chi connectivity index (χ0v) is 15.5. The second-order valence-electron chi connectivity index (χ2n) is 5.60. The van der Waals surface area contributed by atoms with E-state index in [2.05, 4.69) is 5.32 Å². The second kappa shape index (κ2) is 9.03. The van der Waals surface area contributed by atoms with Crippen molar-refractivity contribution >= 4 is 45.8 Å². The zero-order valence-electron chi connectivity index (χ0n) is 13.9. The number of rotatable bonds is 8. The lowest BCUT2D eigenvalue weighted by molar-refractivity contribution is -0.125. The van der Waals surface area contributed by atoms with Crippen molar-refractivity contribution in [3.05, 3.63) is 24.3 Å². The van der Waals surface area contributed by atoms with Gasteiger partial charge in [0.15, 0.2) is 0 Å². The molecule has 7 heteroatoms. The molecule has 0 spiro atoms. The van der Waals surface area contributed by atoms with Crippen LogP contribution in [0, 0.1) is 0 Å². The van der Waals surface area contributed by atoms with Crippen LogP contribution < -0.4 is 10.1 Å². The molecule has 130 valence electrons. The number of benzene rings is 1. The summed E-state index contributed by atoms with van der Waals surface area (Å²) in [5.41, 5.74) is 0.764. The summed E-state index contributed by atoms with van der Waals surface area (Å²) in [6.07, 6.45) is 3.01. The molecule has 5 nitrogen and oxygen atoms in total. The average molecular weight is 367 g/mol. The minimum Gasteiger partial charge on any atom is -0.497 e. The molecular weight excluding hydrogens is 344 g/mol. The molecule has 1 N–H and O–H groups in total. The molecule has 2 rings (SSSR count). The predicted octanol–water partition coefficient (Wildman–Crippen LogP) is 3.44. The molecular formula is C17H22N2O3S2. The van der Waals surface area contributed by atoms with Crippen LogP contribution in [0.1, 0.15) is 32.6 Å². The molecule has 1 aliphatic rings. The molecule has 2 amide bonds. The fourth-order valence-electron chi connectivity index (χ4n) is 2.41. The Hall–Kier alpha value is -1.60. The number of nitrogens with zero attached hydrogens (tertiary/aromatic N) is 1. The summed E-state index contributed by atoms with van der Waals surface area (Å²) in [6, 6.07) is 7.25. The fraction of sp³-hybridized carbons (Fsp3) is 0.471. The van der Waals surface area contributed by atoms with Crippen molar-refractivity contribution in [1.82, 2.24) is 4.90 Å². The molecule has 0 radical (unpaired) electrons. The van der Waals surface area contributed by atoms with Gasteiger partial charge in [0.2, 0.25) is 11.8 Å². The van der Waals surface area contributed by atoms with Crippen LogP contribution in [-0.4, -0.2) is 39.9 Å². The minimum absolute atomic E-state index is 0.00267. The van der Waals surface area contributed by atoms with E-state index in [1.807, 2.05) is 31.2 Å². The Kier molecular flexibility index (Phi) is 7.05. The summed E-state index contributed by atoms with van der Waals surface area (Å²) in [7, 11) is 1.61. The van der Waals surface area contributed by atoms with Crippen LogP contribution in [0.4, 0.5) is 5.69 Å². The molecule has 1 aliphatic heterocycles. The van der Waals surface area contributed by atoms with Gasteiger partial charge in [-0.2, -0.15) is 0 Å². The molecule has 1 fully saturated rings. The van der Waals surface area contributed by atoms with Crippen molar-refractivity contribution in [2.75, 3.05) is 19.0 Å². The molecule has 1 atom stereocenters. The first-order valence-corrected chi connectivity index (χ1v) is 9.26. The molecule has 1 aromatic carbocycles. The number of carbonyl (C=O) groups is 2. The van der Waals surface area contributed by atoms with E-state index < -0.39 is 0 Å². The normalized spacial score (nSPS) is 17.2. The third-order valence-corrected chi connectivity index (χ3v) is 5.26. The largest absolute Gasteiger partial charge is 0.497 e. The maximum atomic E-state index is 11.9. The molecule has 1 aromatic rings. The highest BCUT2D eigenvalue weighted by Crippen LogP contribution is 2.27. The third-order valence-electron chi connectivity index (χ3n) is 3.77. The summed E-state index contributed by atoms with van der Waals surface area (Å²) in [6.45, 7) is 2.53. The van der Waals surface area contributed by atoms with Crippen LogP contribution in [0.15, 0.2) is 24.3 Å². The van der Waals surface area contributed by atoms with Gasteiger partial charge >= 0.3 is 0 Å². The maximum Gasteiger partial charge on any atom is 0.241 e. The smallest absolute Gasteiger partial charge is 0.241 e. The lowest BCUT2D eigenvalue weighted by Gasteiger charge is -2.14.